The predicted molar refractivity (Wildman–Crippen MR) is 98.0 cm³/mol. The first-order chi connectivity index (χ1) is 11.9. The summed E-state index contributed by atoms with van der Waals surface area (Å²) in [5.74, 6) is 1.04. The molecule has 5 nitrogen and oxygen atoms in total. The van der Waals surface area contributed by atoms with Gasteiger partial charge < -0.3 is 9.47 Å². The Morgan fingerprint density at radius 3 is 2.68 bits per heavy atom. The summed E-state index contributed by atoms with van der Waals surface area (Å²) in [5.41, 5.74) is 1.10. The van der Waals surface area contributed by atoms with Crippen LogP contribution in [-0.4, -0.2) is 34.0 Å². The zero-order valence-electron chi connectivity index (χ0n) is 15.6. The second-order valence-electron chi connectivity index (χ2n) is 7.79. The first-order valence-corrected chi connectivity index (χ1v) is 9.21. The first kappa shape index (κ1) is 17.9. The van der Waals surface area contributed by atoms with Gasteiger partial charge in [0.05, 0.1) is 17.1 Å². The van der Waals surface area contributed by atoms with Crippen molar-refractivity contribution in [1.82, 2.24) is 9.55 Å². The average molecular weight is 344 g/mol. The van der Waals surface area contributed by atoms with Crippen molar-refractivity contribution in [3.05, 3.63) is 30.1 Å². The Labute approximate surface area is 149 Å². The molecule has 0 radical (unpaired) electrons. The number of fused-ring (bicyclic) bond motifs is 1. The van der Waals surface area contributed by atoms with Crippen LogP contribution in [0.4, 0.5) is 4.79 Å². The summed E-state index contributed by atoms with van der Waals surface area (Å²) in [6, 6.07) is 7.72. The number of ether oxygens (including phenoxy) is 2. The summed E-state index contributed by atoms with van der Waals surface area (Å²) < 4.78 is 13.1. The Balaban J connectivity index is 1.81. The third-order valence-electron chi connectivity index (χ3n) is 4.47. The van der Waals surface area contributed by atoms with E-state index < -0.39 is 5.60 Å². The minimum Gasteiger partial charge on any atom is -0.443 e. The molecule has 1 aliphatic carbocycles. The minimum absolute atomic E-state index is 0.242. The van der Waals surface area contributed by atoms with Gasteiger partial charge in [0.1, 0.15) is 11.4 Å². The maximum atomic E-state index is 12.8. The molecule has 1 fully saturated rings. The molecular formula is C20H28N2O3. The number of aromatic nitrogens is 2. The van der Waals surface area contributed by atoms with Crippen LogP contribution < -0.4 is 0 Å². The molecule has 0 aliphatic heterocycles. The number of unbranched alkanes of at least 4 members (excludes halogenated alkanes) is 1. The highest BCUT2D eigenvalue weighted by molar-refractivity contribution is 5.87. The number of hydrogen-bond donors (Lipinski definition) is 0. The number of rotatable bonds is 5. The van der Waals surface area contributed by atoms with Crippen molar-refractivity contribution in [3.8, 4) is 0 Å². The van der Waals surface area contributed by atoms with E-state index in [4.69, 9.17) is 14.5 Å². The molecule has 0 spiro atoms. The Bertz CT molecular complexity index is 739. The SMILES string of the molecule is CCCCO[C@H]1C[C@@H](c2nc3ccccc3n2C(=O)OC(C)(C)C)C1. The van der Waals surface area contributed by atoms with Crippen molar-refractivity contribution in [1.29, 1.82) is 0 Å². The van der Waals surface area contributed by atoms with Crippen molar-refractivity contribution >= 4 is 17.1 Å². The first-order valence-electron chi connectivity index (χ1n) is 9.21. The van der Waals surface area contributed by atoms with Crippen LogP contribution in [0.2, 0.25) is 0 Å². The molecule has 3 rings (SSSR count). The van der Waals surface area contributed by atoms with Gasteiger partial charge in [-0.05, 0) is 52.2 Å². The predicted octanol–water partition coefficient (Wildman–Crippen LogP) is 4.88. The molecule has 136 valence electrons. The fourth-order valence-corrected chi connectivity index (χ4v) is 3.12. The molecular weight excluding hydrogens is 316 g/mol. The number of nitrogens with zero attached hydrogens (tertiary/aromatic N) is 2. The molecule has 1 heterocycles. The highest BCUT2D eigenvalue weighted by Gasteiger charge is 2.36. The Morgan fingerprint density at radius 2 is 2.00 bits per heavy atom. The monoisotopic (exact) mass is 344 g/mol. The molecule has 1 aliphatic rings. The molecule has 0 saturated heterocycles. The lowest BCUT2D eigenvalue weighted by Gasteiger charge is -2.34. The fraction of sp³-hybridized carbons (Fsp3) is 0.600. The number of hydrogen-bond acceptors (Lipinski definition) is 4. The summed E-state index contributed by atoms with van der Waals surface area (Å²) in [6.45, 7) is 8.62. The molecule has 1 aromatic heterocycles. The van der Waals surface area contributed by atoms with E-state index in [1.54, 1.807) is 4.57 Å². The number of carbonyl (C=O) groups is 1. The van der Waals surface area contributed by atoms with Gasteiger partial charge in [-0.3, -0.25) is 0 Å². The van der Waals surface area contributed by atoms with Crippen molar-refractivity contribution in [2.24, 2.45) is 0 Å². The molecule has 1 aromatic carbocycles. The van der Waals surface area contributed by atoms with Gasteiger partial charge in [-0.1, -0.05) is 25.5 Å². The topological polar surface area (TPSA) is 53.4 Å². The third kappa shape index (κ3) is 4.03. The van der Waals surface area contributed by atoms with Gasteiger partial charge in [0.2, 0.25) is 0 Å². The number of imidazole rings is 1. The lowest BCUT2D eigenvalue weighted by molar-refractivity contribution is -0.0138. The zero-order chi connectivity index (χ0) is 18.0. The van der Waals surface area contributed by atoms with E-state index in [2.05, 4.69) is 6.92 Å². The van der Waals surface area contributed by atoms with Crippen molar-refractivity contribution in [3.63, 3.8) is 0 Å². The number of para-hydroxylation sites is 2. The van der Waals surface area contributed by atoms with Crippen LogP contribution in [0.25, 0.3) is 11.0 Å². The van der Waals surface area contributed by atoms with Crippen LogP contribution >= 0.6 is 0 Å². The molecule has 2 aromatic rings. The second kappa shape index (κ2) is 7.16. The molecule has 0 bridgehead atoms. The van der Waals surface area contributed by atoms with Gasteiger partial charge in [-0.15, -0.1) is 0 Å². The van der Waals surface area contributed by atoms with E-state index in [1.165, 1.54) is 0 Å². The highest BCUT2D eigenvalue weighted by Crippen LogP contribution is 2.39. The van der Waals surface area contributed by atoms with Crippen LogP contribution in [0.3, 0.4) is 0 Å². The summed E-state index contributed by atoms with van der Waals surface area (Å²) in [4.78, 5) is 17.5. The van der Waals surface area contributed by atoms with Crippen LogP contribution in [0.15, 0.2) is 24.3 Å². The third-order valence-corrected chi connectivity index (χ3v) is 4.47. The number of carbonyl (C=O) groups excluding carboxylic acids is 1. The van der Waals surface area contributed by atoms with Crippen molar-refractivity contribution in [2.45, 2.75) is 71.0 Å². The smallest absolute Gasteiger partial charge is 0.420 e. The zero-order valence-corrected chi connectivity index (χ0v) is 15.6. The Kier molecular flexibility index (Phi) is 5.13. The minimum atomic E-state index is -0.537. The normalized spacial score (nSPS) is 20.5. The number of benzene rings is 1. The van der Waals surface area contributed by atoms with E-state index in [0.29, 0.717) is 0 Å². The maximum Gasteiger partial charge on any atom is 0.420 e. The van der Waals surface area contributed by atoms with E-state index in [1.807, 2.05) is 45.0 Å². The van der Waals surface area contributed by atoms with Gasteiger partial charge in [-0.25, -0.2) is 14.3 Å². The molecule has 0 amide bonds. The summed E-state index contributed by atoms with van der Waals surface area (Å²) in [5, 5.41) is 0. The lowest BCUT2D eigenvalue weighted by atomic mass is 9.81. The van der Waals surface area contributed by atoms with E-state index in [0.717, 1.165) is 49.1 Å². The van der Waals surface area contributed by atoms with Gasteiger partial charge in [0.15, 0.2) is 0 Å². The quantitative estimate of drug-likeness (QED) is 0.725. The second-order valence-corrected chi connectivity index (χ2v) is 7.79. The molecule has 0 unspecified atom stereocenters. The van der Waals surface area contributed by atoms with Crippen molar-refractivity contribution in [2.75, 3.05) is 6.61 Å². The van der Waals surface area contributed by atoms with E-state index in [-0.39, 0.29) is 18.1 Å². The summed E-state index contributed by atoms with van der Waals surface area (Å²) >= 11 is 0. The van der Waals surface area contributed by atoms with E-state index >= 15 is 0 Å². The Morgan fingerprint density at radius 1 is 1.28 bits per heavy atom. The van der Waals surface area contributed by atoms with Gasteiger partial charge >= 0.3 is 6.09 Å². The maximum absolute atomic E-state index is 12.8. The van der Waals surface area contributed by atoms with Gasteiger partial charge in [0, 0.05) is 12.5 Å². The largest absolute Gasteiger partial charge is 0.443 e. The van der Waals surface area contributed by atoms with Crippen LogP contribution in [0, 0.1) is 0 Å². The van der Waals surface area contributed by atoms with E-state index in [9.17, 15) is 4.79 Å². The van der Waals surface area contributed by atoms with Gasteiger partial charge in [0.25, 0.3) is 0 Å². The fourth-order valence-electron chi connectivity index (χ4n) is 3.12. The average Bonchev–Trinajstić information content (AvgIpc) is 2.86. The highest BCUT2D eigenvalue weighted by atomic mass is 16.6. The summed E-state index contributed by atoms with van der Waals surface area (Å²) in [6.07, 6.45) is 3.99. The van der Waals surface area contributed by atoms with Crippen LogP contribution in [0.5, 0.6) is 0 Å². The van der Waals surface area contributed by atoms with Crippen LogP contribution in [-0.2, 0) is 9.47 Å². The van der Waals surface area contributed by atoms with Gasteiger partial charge in [-0.2, -0.15) is 0 Å². The molecule has 1 saturated carbocycles. The Hall–Kier alpha value is -1.88. The standard InChI is InChI=1S/C20H28N2O3/c1-5-6-11-24-15-12-14(13-15)18-21-16-9-7-8-10-17(16)22(18)19(23)25-20(2,3)4/h7-10,14-15H,5-6,11-13H2,1-4H3/t14-,15+. The summed E-state index contributed by atoms with van der Waals surface area (Å²) in [7, 11) is 0. The molecule has 0 N–H and O–H groups in total. The lowest BCUT2D eigenvalue weighted by Crippen LogP contribution is -2.34. The molecule has 25 heavy (non-hydrogen) atoms. The molecule has 5 heteroatoms. The van der Waals surface area contributed by atoms with Crippen molar-refractivity contribution < 1.29 is 14.3 Å². The molecule has 0 atom stereocenters. The van der Waals surface area contributed by atoms with Crippen LogP contribution in [0.1, 0.15) is 65.1 Å².